The number of hydrogen-bond acceptors (Lipinski definition) is 3. The number of fused-ring (bicyclic) bond motifs is 2. The zero-order chi connectivity index (χ0) is 23.5. The van der Waals surface area contributed by atoms with Gasteiger partial charge in [0.25, 0.3) is 0 Å². The lowest BCUT2D eigenvalue weighted by molar-refractivity contribution is -0.120. The quantitative estimate of drug-likeness (QED) is 0.433. The van der Waals surface area contributed by atoms with Gasteiger partial charge in [0, 0.05) is 11.1 Å². The summed E-state index contributed by atoms with van der Waals surface area (Å²) in [6.45, 7) is 8.20. The number of aryl methyl sites for hydroxylation is 2. The van der Waals surface area contributed by atoms with E-state index in [1.165, 1.54) is 0 Å². The number of carbonyl (C=O) groups excluding carboxylic acids is 1. The molecule has 0 saturated carbocycles. The van der Waals surface area contributed by atoms with Gasteiger partial charge >= 0.3 is 0 Å². The van der Waals surface area contributed by atoms with Crippen molar-refractivity contribution in [2.75, 3.05) is 12.0 Å². The van der Waals surface area contributed by atoms with Gasteiger partial charge in [-0.1, -0.05) is 29.8 Å². The first-order chi connectivity index (χ1) is 15.6. The van der Waals surface area contributed by atoms with Gasteiger partial charge in [0.15, 0.2) is 0 Å². The fraction of sp³-hybridized carbons (Fsp3) is 0.321. The minimum atomic E-state index is -0.875. The molecule has 1 amide bonds. The Kier molecular flexibility index (Phi) is 4.98. The van der Waals surface area contributed by atoms with Crippen LogP contribution in [0, 0.1) is 6.92 Å². The second-order valence-electron chi connectivity index (χ2n) is 9.77. The summed E-state index contributed by atoms with van der Waals surface area (Å²) < 4.78 is 11.7. The van der Waals surface area contributed by atoms with Gasteiger partial charge < -0.3 is 9.47 Å². The normalized spacial score (nSPS) is 20.8. The topological polar surface area (TPSA) is 38.8 Å². The van der Waals surface area contributed by atoms with Crippen molar-refractivity contribution in [1.29, 1.82) is 0 Å². The Morgan fingerprint density at radius 3 is 2.58 bits per heavy atom. The number of rotatable bonds is 3. The van der Waals surface area contributed by atoms with E-state index in [9.17, 15) is 4.79 Å². The maximum atomic E-state index is 14.2. The monoisotopic (exact) mass is 461 g/mol. The van der Waals surface area contributed by atoms with Gasteiger partial charge in [-0.3, -0.25) is 9.69 Å². The van der Waals surface area contributed by atoms with Crippen LogP contribution in [-0.2, 0) is 16.6 Å². The molecule has 5 rings (SSSR count). The van der Waals surface area contributed by atoms with Crippen LogP contribution in [-0.4, -0.2) is 18.6 Å². The van der Waals surface area contributed by atoms with Crippen molar-refractivity contribution in [2.24, 2.45) is 0 Å². The van der Waals surface area contributed by atoms with Gasteiger partial charge in [-0.25, -0.2) is 0 Å². The van der Waals surface area contributed by atoms with Crippen LogP contribution < -0.4 is 14.4 Å². The molecule has 33 heavy (non-hydrogen) atoms. The van der Waals surface area contributed by atoms with Crippen LogP contribution >= 0.6 is 11.6 Å². The Morgan fingerprint density at radius 2 is 1.82 bits per heavy atom. The molecule has 0 spiro atoms. The maximum Gasteiger partial charge on any atom is 0.246 e. The van der Waals surface area contributed by atoms with E-state index in [0.29, 0.717) is 5.02 Å². The summed E-state index contributed by atoms with van der Waals surface area (Å²) in [7, 11) is 1.65. The molecule has 0 aliphatic carbocycles. The predicted octanol–water partition coefficient (Wildman–Crippen LogP) is 6.74. The molecule has 4 nitrogen and oxygen atoms in total. The summed E-state index contributed by atoms with van der Waals surface area (Å²) in [5, 5.41) is 0.610. The Morgan fingerprint density at radius 1 is 1.03 bits per heavy atom. The van der Waals surface area contributed by atoms with Crippen molar-refractivity contribution in [1.82, 2.24) is 0 Å². The third-order valence-electron chi connectivity index (χ3n) is 7.04. The van der Waals surface area contributed by atoms with Crippen molar-refractivity contribution in [3.05, 3.63) is 81.9 Å². The van der Waals surface area contributed by atoms with Crippen molar-refractivity contribution in [3.8, 4) is 11.5 Å². The van der Waals surface area contributed by atoms with Gasteiger partial charge in [0.1, 0.15) is 17.1 Å². The molecular weight excluding hydrogens is 434 g/mol. The number of halogens is 1. The molecule has 0 saturated heterocycles. The summed E-state index contributed by atoms with van der Waals surface area (Å²) in [6.07, 6.45) is 1.85. The standard InChI is InChI=1S/C28H28ClNO3/c1-17-6-9-21(16-25(17)32-5)30-23-10-8-20(29)15-22(23)28(4,26(30)31)19-7-11-24-18(14-19)12-13-27(2,3)33-24/h6-11,14-16H,12-13H2,1-5H3/t28-/m0/s1. The van der Waals surface area contributed by atoms with Crippen LogP contribution in [0.3, 0.4) is 0 Å². The molecule has 2 heterocycles. The average molecular weight is 462 g/mol. The maximum absolute atomic E-state index is 14.2. The summed E-state index contributed by atoms with van der Waals surface area (Å²) in [6, 6.07) is 17.7. The smallest absolute Gasteiger partial charge is 0.246 e. The van der Waals surface area contributed by atoms with Crippen molar-refractivity contribution >= 4 is 28.9 Å². The molecule has 2 aliphatic rings. The molecule has 0 aromatic heterocycles. The Balaban J connectivity index is 1.66. The zero-order valence-corrected chi connectivity index (χ0v) is 20.4. The SMILES string of the molecule is COc1cc(N2C(=O)[C@@](C)(c3ccc4c(c3)CCC(C)(C)O4)c3cc(Cl)ccc32)ccc1C. The Bertz CT molecular complexity index is 1280. The predicted molar refractivity (Wildman–Crippen MR) is 132 cm³/mol. The van der Waals surface area contributed by atoms with E-state index < -0.39 is 5.41 Å². The Labute approximate surface area is 200 Å². The number of methoxy groups -OCH3 is 1. The highest BCUT2D eigenvalue weighted by atomic mass is 35.5. The number of amides is 1. The third-order valence-corrected chi connectivity index (χ3v) is 7.27. The number of ether oxygens (including phenoxy) is 2. The van der Waals surface area contributed by atoms with Crippen LogP contribution in [0.15, 0.2) is 54.6 Å². The molecule has 3 aromatic rings. The van der Waals surface area contributed by atoms with Gasteiger partial charge in [-0.2, -0.15) is 0 Å². The van der Waals surface area contributed by atoms with Crippen LogP contribution in [0.5, 0.6) is 11.5 Å². The molecule has 0 unspecified atom stereocenters. The largest absolute Gasteiger partial charge is 0.496 e. The molecule has 2 aliphatic heterocycles. The van der Waals surface area contributed by atoms with Crippen molar-refractivity contribution in [2.45, 2.75) is 51.6 Å². The molecule has 3 aromatic carbocycles. The molecule has 0 bridgehead atoms. The number of benzene rings is 3. The highest BCUT2D eigenvalue weighted by molar-refractivity contribution is 6.31. The van der Waals surface area contributed by atoms with E-state index in [1.54, 1.807) is 12.0 Å². The molecule has 0 fully saturated rings. The van der Waals surface area contributed by atoms with Crippen LogP contribution in [0.2, 0.25) is 5.02 Å². The first-order valence-corrected chi connectivity index (χ1v) is 11.6. The lowest BCUT2D eigenvalue weighted by Crippen LogP contribution is -2.37. The van der Waals surface area contributed by atoms with Crippen LogP contribution in [0.4, 0.5) is 11.4 Å². The molecule has 5 heteroatoms. The molecular formula is C28H28ClNO3. The van der Waals surface area contributed by atoms with Crippen LogP contribution in [0.1, 0.15) is 49.4 Å². The fourth-order valence-corrected chi connectivity index (χ4v) is 5.18. The summed E-state index contributed by atoms with van der Waals surface area (Å²) >= 11 is 6.42. The molecule has 0 radical (unpaired) electrons. The van der Waals surface area contributed by atoms with E-state index in [-0.39, 0.29) is 11.5 Å². The number of nitrogens with zero attached hydrogens (tertiary/aromatic N) is 1. The summed E-state index contributed by atoms with van der Waals surface area (Å²) in [4.78, 5) is 15.9. The molecule has 170 valence electrons. The third kappa shape index (κ3) is 3.39. The van der Waals surface area contributed by atoms with Crippen molar-refractivity contribution < 1.29 is 14.3 Å². The van der Waals surface area contributed by atoms with E-state index in [2.05, 4.69) is 19.9 Å². The first kappa shape index (κ1) is 21.8. The average Bonchev–Trinajstić information content (AvgIpc) is 3.01. The number of hydrogen-bond donors (Lipinski definition) is 0. The first-order valence-electron chi connectivity index (χ1n) is 11.3. The van der Waals surface area contributed by atoms with E-state index in [1.807, 2.05) is 62.4 Å². The van der Waals surface area contributed by atoms with Gasteiger partial charge in [0.05, 0.1) is 23.9 Å². The van der Waals surface area contributed by atoms with E-state index in [4.69, 9.17) is 21.1 Å². The van der Waals surface area contributed by atoms with Crippen LogP contribution in [0.25, 0.3) is 0 Å². The highest BCUT2D eigenvalue weighted by Gasteiger charge is 2.49. The summed E-state index contributed by atoms with van der Waals surface area (Å²) in [5.41, 5.74) is 4.56. The van der Waals surface area contributed by atoms with E-state index >= 15 is 0 Å². The number of anilines is 2. The van der Waals surface area contributed by atoms with E-state index in [0.717, 1.165) is 58.0 Å². The number of carbonyl (C=O) groups is 1. The lowest BCUT2D eigenvalue weighted by atomic mass is 9.76. The highest BCUT2D eigenvalue weighted by Crippen LogP contribution is 2.51. The molecule has 1 atom stereocenters. The zero-order valence-electron chi connectivity index (χ0n) is 19.7. The van der Waals surface area contributed by atoms with Gasteiger partial charge in [-0.15, -0.1) is 0 Å². The second-order valence-corrected chi connectivity index (χ2v) is 10.2. The second kappa shape index (κ2) is 7.53. The van der Waals surface area contributed by atoms with Gasteiger partial charge in [-0.05, 0) is 93.1 Å². The minimum Gasteiger partial charge on any atom is -0.496 e. The summed E-state index contributed by atoms with van der Waals surface area (Å²) in [5.74, 6) is 1.64. The lowest BCUT2D eigenvalue weighted by Gasteiger charge is -2.34. The Hall–Kier alpha value is -2.98. The van der Waals surface area contributed by atoms with Gasteiger partial charge in [0.2, 0.25) is 5.91 Å². The molecule has 0 N–H and O–H groups in total. The minimum absolute atomic E-state index is 0.0114. The van der Waals surface area contributed by atoms with Crippen molar-refractivity contribution in [3.63, 3.8) is 0 Å². The fourth-order valence-electron chi connectivity index (χ4n) is 5.00.